The van der Waals surface area contributed by atoms with Crippen LogP contribution in [0.4, 0.5) is 30.8 Å². The van der Waals surface area contributed by atoms with E-state index in [1.54, 1.807) is 4.90 Å². The van der Waals surface area contributed by atoms with Gasteiger partial charge < -0.3 is 28.9 Å². The van der Waals surface area contributed by atoms with E-state index in [9.17, 15) is 13.2 Å². The van der Waals surface area contributed by atoms with E-state index >= 15 is 0 Å². The Balaban J connectivity index is 1.28. The molecule has 0 bridgehead atoms. The van der Waals surface area contributed by atoms with Gasteiger partial charge in [-0.3, -0.25) is 0 Å². The van der Waals surface area contributed by atoms with Crippen LogP contribution in [-0.2, 0) is 10.9 Å². The standard InChI is InChI=1S/C25H25F3N6O3/c26-25(27,28)18-2-1-5-29-23(18)33-6-8-34(9-7-33)24-30-19(15-22(31-24)32-10-12-35-13-11-32)17-3-4-20-21(14-17)37-16-36-20/h1-5,14-15H,6-13,16H2. The van der Waals surface area contributed by atoms with Crippen LogP contribution < -0.4 is 24.2 Å². The number of rotatable bonds is 4. The van der Waals surface area contributed by atoms with Crippen molar-refractivity contribution in [1.82, 2.24) is 15.0 Å². The van der Waals surface area contributed by atoms with Gasteiger partial charge in [-0.1, -0.05) is 0 Å². The molecule has 3 aliphatic rings. The van der Waals surface area contributed by atoms with Crippen LogP contribution in [0.3, 0.4) is 0 Å². The highest BCUT2D eigenvalue weighted by Gasteiger charge is 2.36. The Morgan fingerprint density at radius 3 is 2.32 bits per heavy atom. The summed E-state index contributed by atoms with van der Waals surface area (Å²) in [5, 5.41) is 0. The molecular weight excluding hydrogens is 489 g/mol. The van der Waals surface area contributed by atoms with Crippen molar-refractivity contribution in [3.05, 3.63) is 48.2 Å². The molecule has 3 aromatic rings. The van der Waals surface area contributed by atoms with Gasteiger partial charge in [0.1, 0.15) is 11.6 Å². The van der Waals surface area contributed by atoms with Crippen molar-refractivity contribution in [3.63, 3.8) is 0 Å². The molecular formula is C25H25F3N6O3. The summed E-state index contributed by atoms with van der Waals surface area (Å²) in [6.45, 7) is 4.49. The van der Waals surface area contributed by atoms with Gasteiger partial charge >= 0.3 is 6.18 Å². The number of benzene rings is 1. The molecule has 0 saturated carbocycles. The maximum absolute atomic E-state index is 13.5. The molecule has 0 N–H and O–H groups in total. The van der Waals surface area contributed by atoms with E-state index in [-0.39, 0.29) is 12.6 Å². The molecule has 0 radical (unpaired) electrons. The summed E-state index contributed by atoms with van der Waals surface area (Å²) < 4.78 is 57.1. The number of ether oxygens (including phenoxy) is 3. The fourth-order valence-electron chi connectivity index (χ4n) is 4.71. The molecule has 0 unspecified atom stereocenters. The minimum atomic E-state index is -4.46. The summed E-state index contributed by atoms with van der Waals surface area (Å²) in [6.07, 6.45) is -3.07. The fraction of sp³-hybridized carbons (Fsp3) is 0.400. The number of hydrogen-bond acceptors (Lipinski definition) is 9. The van der Waals surface area contributed by atoms with Gasteiger partial charge in [-0.25, -0.2) is 9.97 Å². The van der Waals surface area contributed by atoms with Crippen molar-refractivity contribution in [2.75, 3.05) is 74.0 Å². The molecule has 2 saturated heterocycles. The highest BCUT2D eigenvalue weighted by atomic mass is 19.4. The minimum absolute atomic E-state index is 0.0429. The summed E-state index contributed by atoms with van der Waals surface area (Å²) in [7, 11) is 0. The second-order valence-electron chi connectivity index (χ2n) is 8.93. The number of piperazine rings is 1. The molecule has 194 valence electrons. The lowest BCUT2D eigenvalue weighted by Crippen LogP contribution is -2.48. The zero-order chi connectivity index (χ0) is 25.4. The van der Waals surface area contributed by atoms with Gasteiger partial charge in [0.05, 0.1) is 24.5 Å². The first-order valence-corrected chi connectivity index (χ1v) is 12.1. The van der Waals surface area contributed by atoms with Crippen LogP contribution >= 0.6 is 0 Å². The van der Waals surface area contributed by atoms with Crippen LogP contribution in [0.2, 0.25) is 0 Å². The van der Waals surface area contributed by atoms with Crippen molar-refractivity contribution in [2.45, 2.75) is 6.18 Å². The van der Waals surface area contributed by atoms with Gasteiger partial charge in [0.25, 0.3) is 0 Å². The number of nitrogens with zero attached hydrogens (tertiary/aromatic N) is 6. The highest BCUT2D eigenvalue weighted by Crippen LogP contribution is 2.37. The van der Waals surface area contributed by atoms with Gasteiger partial charge in [0, 0.05) is 57.1 Å². The van der Waals surface area contributed by atoms with E-state index in [0.717, 1.165) is 23.1 Å². The number of hydrogen-bond donors (Lipinski definition) is 0. The number of pyridine rings is 1. The third kappa shape index (κ3) is 4.80. The number of anilines is 3. The smallest absolute Gasteiger partial charge is 0.419 e. The van der Waals surface area contributed by atoms with E-state index in [4.69, 9.17) is 24.2 Å². The third-order valence-corrected chi connectivity index (χ3v) is 6.66. The van der Waals surface area contributed by atoms with Crippen LogP contribution in [-0.4, -0.2) is 74.2 Å². The molecule has 12 heteroatoms. The Labute approximate surface area is 211 Å². The number of fused-ring (bicyclic) bond motifs is 1. The molecule has 2 fully saturated rings. The maximum atomic E-state index is 13.5. The largest absolute Gasteiger partial charge is 0.454 e. The van der Waals surface area contributed by atoms with Crippen LogP contribution in [0, 0.1) is 0 Å². The van der Waals surface area contributed by atoms with Crippen molar-refractivity contribution in [3.8, 4) is 22.8 Å². The van der Waals surface area contributed by atoms with Gasteiger partial charge in [-0.15, -0.1) is 0 Å². The van der Waals surface area contributed by atoms with Crippen LogP contribution in [0.1, 0.15) is 5.56 Å². The lowest BCUT2D eigenvalue weighted by atomic mass is 10.1. The monoisotopic (exact) mass is 514 g/mol. The molecule has 2 aromatic heterocycles. The van der Waals surface area contributed by atoms with Gasteiger partial charge in [0.2, 0.25) is 12.7 Å². The van der Waals surface area contributed by atoms with Gasteiger partial charge in [-0.2, -0.15) is 18.2 Å². The number of aromatic nitrogens is 3. The van der Waals surface area contributed by atoms with Gasteiger partial charge in [0.15, 0.2) is 11.5 Å². The van der Waals surface area contributed by atoms with E-state index < -0.39 is 11.7 Å². The summed E-state index contributed by atoms with van der Waals surface area (Å²) in [4.78, 5) is 19.6. The summed E-state index contributed by atoms with van der Waals surface area (Å²) in [6, 6.07) is 10.0. The average molecular weight is 515 g/mol. The Bertz CT molecular complexity index is 1280. The van der Waals surface area contributed by atoms with Gasteiger partial charge in [-0.05, 0) is 30.3 Å². The molecule has 0 spiro atoms. The molecule has 6 rings (SSSR count). The van der Waals surface area contributed by atoms with Crippen molar-refractivity contribution < 1.29 is 27.4 Å². The molecule has 1 aromatic carbocycles. The Morgan fingerprint density at radius 1 is 0.784 bits per heavy atom. The predicted molar refractivity (Wildman–Crippen MR) is 130 cm³/mol. The first kappa shape index (κ1) is 23.6. The SMILES string of the molecule is FC(F)(F)c1cccnc1N1CCN(c2nc(-c3ccc4c(c3)OCO4)cc(N3CCOCC3)n2)CC1. The topological polar surface area (TPSA) is 76.1 Å². The fourth-order valence-corrected chi connectivity index (χ4v) is 4.71. The first-order valence-electron chi connectivity index (χ1n) is 12.1. The number of morpholine rings is 1. The van der Waals surface area contributed by atoms with Crippen molar-refractivity contribution in [2.24, 2.45) is 0 Å². The van der Waals surface area contributed by atoms with Crippen molar-refractivity contribution >= 4 is 17.6 Å². The molecule has 0 atom stereocenters. The quantitative estimate of drug-likeness (QED) is 0.520. The molecule has 0 aliphatic carbocycles. The average Bonchev–Trinajstić information content (AvgIpc) is 3.41. The zero-order valence-corrected chi connectivity index (χ0v) is 19.9. The number of halogens is 3. The molecule has 5 heterocycles. The van der Waals surface area contributed by atoms with Crippen LogP contribution in [0.15, 0.2) is 42.6 Å². The number of alkyl halides is 3. The van der Waals surface area contributed by atoms with Crippen LogP contribution in [0.5, 0.6) is 11.5 Å². The normalized spacial score (nSPS) is 17.9. The summed E-state index contributed by atoms with van der Waals surface area (Å²) in [5.74, 6) is 2.63. The minimum Gasteiger partial charge on any atom is -0.454 e. The Kier molecular flexibility index (Phi) is 6.11. The second-order valence-corrected chi connectivity index (χ2v) is 8.93. The van der Waals surface area contributed by atoms with E-state index in [1.807, 2.05) is 29.2 Å². The lowest BCUT2D eigenvalue weighted by Gasteiger charge is -2.37. The lowest BCUT2D eigenvalue weighted by molar-refractivity contribution is -0.137. The van der Waals surface area contributed by atoms with Crippen molar-refractivity contribution in [1.29, 1.82) is 0 Å². The van der Waals surface area contributed by atoms with E-state index in [2.05, 4.69) is 9.88 Å². The molecule has 0 amide bonds. The molecule has 37 heavy (non-hydrogen) atoms. The van der Waals surface area contributed by atoms with Crippen LogP contribution in [0.25, 0.3) is 11.3 Å². The summed E-state index contributed by atoms with van der Waals surface area (Å²) >= 11 is 0. The predicted octanol–water partition coefficient (Wildman–Crippen LogP) is 3.45. The molecule has 3 aliphatic heterocycles. The zero-order valence-electron chi connectivity index (χ0n) is 19.9. The maximum Gasteiger partial charge on any atom is 0.419 e. The molecule has 9 nitrogen and oxygen atoms in total. The Hall–Kier alpha value is -3.80. The highest BCUT2D eigenvalue weighted by molar-refractivity contribution is 5.68. The Morgan fingerprint density at radius 2 is 1.54 bits per heavy atom. The second kappa shape index (κ2) is 9.58. The van der Waals surface area contributed by atoms with E-state index in [1.165, 1.54) is 12.3 Å². The first-order chi connectivity index (χ1) is 18.0. The summed E-state index contributed by atoms with van der Waals surface area (Å²) in [5.41, 5.74) is 0.875. The third-order valence-electron chi connectivity index (χ3n) is 6.66. The van der Waals surface area contributed by atoms with E-state index in [0.29, 0.717) is 69.9 Å².